The number of furan rings is 1. The Morgan fingerprint density at radius 2 is 2.11 bits per heavy atom. The Morgan fingerprint density at radius 3 is 2.89 bits per heavy atom. The number of carboxylic acids is 1. The summed E-state index contributed by atoms with van der Waals surface area (Å²) in [5.74, 6) is 0.770. The molecule has 1 aromatic carbocycles. The maximum Gasteiger partial charge on any atom is 0.303 e. The number of fused-ring (bicyclic) bond motifs is 1. The van der Waals surface area contributed by atoms with E-state index < -0.39 is 12.1 Å². The molecule has 0 radical (unpaired) electrons. The molecule has 0 aliphatic carbocycles. The van der Waals surface area contributed by atoms with E-state index in [2.05, 4.69) is 9.88 Å². The number of ether oxygens (including phenoxy) is 1. The zero-order chi connectivity index (χ0) is 25.3. The second-order valence-corrected chi connectivity index (χ2v) is 10.0. The van der Waals surface area contributed by atoms with Crippen LogP contribution in [0.4, 0.5) is 0 Å². The average Bonchev–Trinajstić information content (AvgIpc) is 3.42. The molecule has 36 heavy (non-hydrogen) atoms. The number of rotatable bonds is 13. The number of carbonyl (C=O) groups is 1. The number of aliphatic carboxylic acids is 1. The molecule has 2 N–H and O–H groups in total. The summed E-state index contributed by atoms with van der Waals surface area (Å²) in [6.45, 7) is 3.02. The molecule has 2 unspecified atom stereocenters. The number of aromatic nitrogens is 1. The number of hydrogen-bond donors (Lipinski definition) is 2. The number of nitrogens with zero attached hydrogens (tertiary/aromatic N) is 2. The summed E-state index contributed by atoms with van der Waals surface area (Å²) in [5.41, 5.74) is 2.95. The lowest BCUT2D eigenvalue weighted by atomic mass is 9.79. The first kappa shape index (κ1) is 26.2. The van der Waals surface area contributed by atoms with E-state index in [0.29, 0.717) is 24.7 Å². The van der Waals surface area contributed by atoms with Gasteiger partial charge >= 0.3 is 5.97 Å². The second kappa shape index (κ2) is 12.9. The van der Waals surface area contributed by atoms with E-state index in [-0.39, 0.29) is 6.42 Å². The molecule has 0 saturated carbocycles. The lowest BCUT2D eigenvalue weighted by molar-refractivity contribution is -0.137. The van der Waals surface area contributed by atoms with Gasteiger partial charge in [0.1, 0.15) is 5.75 Å². The molecule has 3 atom stereocenters. The van der Waals surface area contributed by atoms with Gasteiger partial charge in [-0.2, -0.15) is 0 Å². The van der Waals surface area contributed by atoms with Crippen LogP contribution in [-0.4, -0.2) is 52.8 Å². The molecule has 7 heteroatoms. The van der Waals surface area contributed by atoms with Gasteiger partial charge in [0.15, 0.2) is 0 Å². The maximum absolute atomic E-state index is 11.3. The number of unbranched alkanes of at least 4 members (excludes halogenated alkanes) is 1. The molecule has 0 amide bonds. The summed E-state index contributed by atoms with van der Waals surface area (Å²) >= 11 is 0. The van der Waals surface area contributed by atoms with Crippen molar-refractivity contribution in [2.75, 3.05) is 26.7 Å². The maximum atomic E-state index is 11.3. The first-order valence-corrected chi connectivity index (χ1v) is 13.1. The van der Waals surface area contributed by atoms with Crippen LogP contribution in [0.5, 0.6) is 5.75 Å². The third kappa shape index (κ3) is 7.08. The molecule has 3 aromatic rings. The fourth-order valence-corrected chi connectivity index (χ4v) is 5.57. The predicted molar refractivity (Wildman–Crippen MR) is 139 cm³/mol. The molecular formula is C29H38N2O5. The third-order valence-corrected chi connectivity index (χ3v) is 7.63. The van der Waals surface area contributed by atoms with Gasteiger partial charge in [-0.3, -0.25) is 9.78 Å². The minimum atomic E-state index is -0.733. The van der Waals surface area contributed by atoms with Gasteiger partial charge in [0.05, 0.1) is 31.3 Å². The van der Waals surface area contributed by atoms with Crippen molar-refractivity contribution in [1.29, 1.82) is 0 Å². The van der Waals surface area contributed by atoms with Crippen LogP contribution in [0.15, 0.2) is 53.5 Å². The molecule has 1 aliphatic heterocycles. The smallest absolute Gasteiger partial charge is 0.303 e. The Labute approximate surface area is 213 Å². The Balaban J connectivity index is 1.33. The number of aliphatic hydroxyl groups excluding tert-OH is 1. The van der Waals surface area contributed by atoms with Crippen molar-refractivity contribution in [1.82, 2.24) is 9.88 Å². The van der Waals surface area contributed by atoms with Gasteiger partial charge in [0.25, 0.3) is 0 Å². The molecule has 4 rings (SSSR count). The highest BCUT2D eigenvalue weighted by Gasteiger charge is 2.30. The van der Waals surface area contributed by atoms with Crippen LogP contribution in [0.3, 0.4) is 0 Å². The highest BCUT2D eigenvalue weighted by Crippen LogP contribution is 2.35. The van der Waals surface area contributed by atoms with E-state index in [0.717, 1.165) is 74.0 Å². The zero-order valence-electron chi connectivity index (χ0n) is 21.1. The van der Waals surface area contributed by atoms with E-state index in [9.17, 15) is 15.0 Å². The first-order chi connectivity index (χ1) is 17.5. The number of aryl methyl sites for hydroxylation is 1. The normalized spacial score (nSPS) is 19.4. The van der Waals surface area contributed by atoms with Crippen molar-refractivity contribution in [2.24, 2.45) is 11.8 Å². The van der Waals surface area contributed by atoms with Gasteiger partial charge in [-0.1, -0.05) is 0 Å². The largest absolute Gasteiger partial charge is 0.497 e. The lowest BCUT2D eigenvalue weighted by Crippen LogP contribution is -2.41. The van der Waals surface area contributed by atoms with Crippen LogP contribution in [0, 0.1) is 11.8 Å². The van der Waals surface area contributed by atoms with Crippen molar-refractivity contribution in [3.05, 3.63) is 60.2 Å². The average molecular weight is 495 g/mol. The van der Waals surface area contributed by atoms with E-state index >= 15 is 0 Å². The number of likely N-dealkylation sites (tertiary alicyclic amines) is 1. The minimum absolute atomic E-state index is 0.201. The number of pyridine rings is 1. The number of aliphatic hydroxyl groups is 1. The van der Waals surface area contributed by atoms with Gasteiger partial charge in [-0.05, 0) is 111 Å². The van der Waals surface area contributed by atoms with Crippen molar-refractivity contribution in [2.45, 2.75) is 57.5 Å². The highest BCUT2D eigenvalue weighted by molar-refractivity contribution is 5.83. The van der Waals surface area contributed by atoms with E-state index in [1.165, 1.54) is 5.56 Å². The van der Waals surface area contributed by atoms with E-state index in [4.69, 9.17) is 9.15 Å². The SMILES string of the molecule is COc1ccc2nccc([C@@H](O)CCC3CCN(CCCCc4ccoc4)CC3CCC(=O)O)c2c1. The molecule has 2 aromatic heterocycles. The van der Waals surface area contributed by atoms with Crippen LogP contribution < -0.4 is 4.74 Å². The fourth-order valence-electron chi connectivity index (χ4n) is 5.57. The van der Waals surface area contributed by atoms with Gasteiger partial charge < -0.3 is 24.3 Å². The molecule has 3 heterocycles. The topological polar surface area (TPSA) is 96.0 Å². The van der Waals surface area contributed by atoms with E-state index in [1.807, 2.05) is 36.6 Å². The molecule has 1 fully saturated rings. The molecule has 194 valence electrons. The lowest BCUT2D eigenvalue weighted by Gasteiger charge is -2.39. The van der Waals surface area contributed by atoms with Crippen LogP contribution in [0.2, 0.25) is 0 Å². The number of methoxy groups -OCH3 is 1. The van der Waals surface area contributed by atoms with Gasteiger partial charge in [0.2, 0.25) is 0 Å². The summed E-state index contributed by atoms with van der Waals surface area (Å²) in [6, 6.07) is 9.64. The van der Waals surface area contributed by atoms with Crippen LogP contribution in [0.25, 0.3) is 10.9 Å². The first-order valence-electron chi connectivity index (χ1n) is 13.1. The summed E-state index contributed by atoms with van der Waals surface area (Å²) in [4.78, 5) is 18.2. The quantitative estimate of drug-likeness (QED) is 0.304. The van der Waals surface area contributed by atoms with Crippen LogP contribution in [-0.2, 0) is 11.2 Å². The summed E-state index contributed by atoms with van der Waals surface area (Å²) in [5, 5.41) is 21.3. The molecule has 1 aliphatic rings. The number of piperidine rings is 1. The van der Waals surface area contributed by atoms with Gasteiger partial charge in [-0.25, -0.2) is 0 Å². The van der Waals surface area contributed by atoms with Crippen molar-refractivity contribution in [3.63, 3.8) is 0 Å². The molecule has 1 saturated heterocycles. The fraction of sp³-hybridized carbons (Fsp3) is 0.517. The van der Waals surface area contributed by atoms with Crippen molar-refractivity contribution < 1.29 is 24.2 Å². The van der Waals surface area contributed by atoms with Crippen molar-refractivity contribution in [3.8, 4) is 5.75 Å². The van der Waals surface area contributed by atoms with Crippen molar-refractivity contribution >= 4 is 16.9 Å². The Morgan fingerprint density at radius 1 is 1.22 bits per heavy atom. The predicted octanol–water partition coefficient (Wildman–Crippen LogP) is 5.48. The van der Waals surface area contributed by atoms with Gasteiger partial charge in [-0.15, -0.1) is 0 Å². The zero-order valence-corrected chi connectivity index (χ0v) is 21.1. The molecule has 7 nitrogen and oxygen atoms in total. The van der Waals surface area contributed by atoms with Crippen LogP contribution in [0.1, 0.15) is 62.2 Å². The summed E-state index contributed by atoms with van der Waals surface area (Å²) in [7, 11) is 1.64. The second-order valence-electron chi connectivity index (χ2n) is 10.0. The highest BCUT2D eigenvalue weighted by atomic mass is 16.5. The number of carboxylic acid groups (broad SMARTS) is 1. The van der Waals surface area contributed by atoms with Gasteiger partial charge in [0, 0.05) is 24.5 Å². The molecule has 0 spiro atoms. The summed E-state index contributed by atoms with van der Waals surface area (Å²) < 4.78 is 10.5. The minimum Gasteiger partial charge on any atom is -0.497 e. The standard InChI is InChI=1S/C29H38N2O5/c1-35-24-7-8-27-26(18-24)25(11-14-30-27)28(32)9-5-22-12-16-31(19-23(22)6-10-29(33)34)15-3-2-4-21-13-17-36-20-21/h7-8,11,13-14,17-18,20,22-23,28,32H,2-6,9-10,12,15-16,19H2,1H3,(H,33,34)/t22?,23?,28-/m0/s1. The Hall–Kier alpha value is -2.90. The Kier molecular flexibility index (Phi) is 9.36. The number of benzene rings is 1. The molecule has 0 bridgehead atoms. The number of hydrogen-bond acceptors (Lipinski definition) is 6. The molecular weight excluding hydrogens is 456 g/mol. The monoisotopic (exact) mass is 494 g/mol. The third-order valence-electron chi connectivity index (χ3n) is 7.63. The van der Waals surface area contributed by atoms with Crippen LogP contribution >= 0.6 is 0 Å². The Bertz CT molecular complexity index is 1100. The summed E-state index contributed by atoms with van der Waals surface area (Å²) in [6.07, 6.45) is 11.4. The van der Waals surface area contributed by atoms with E-state index in [1.54, 1.807) is 19.6 Å².